The molecule has 2 aromatic rings. The molecule has 1 aromatic carbocycles. The maximum atomic E-state index is 13.1. The van der Waals surface area contributed by atoms with E-state index < -0.39 is 5.82 Å². The lowest BCUT2D eigenvalue weighted by Crippen LogP contribution is -2.05. The molecule has 5 nitrogen and oxygen atoms in total. The van der Waals surface area contributed by atoms with Crippen LogP contribution in [0, 0.1) is 5.82 Å². The van der Waals surface area contributed by atoms with Crippen LogP contribution in [0.4, 0.5) is 21.7 Å². The second-order valence-corrected chi connectivity index (χ2v) is 4.71. The zero-order chi connectivity index (χ0) is 14.7. The molecule has 0 spiro atoms. The number of methoxy groups -OCH3 is 1. The number of nitrogen functional groups attached to an aromatic ring is 1. The minimum atomic E-state index is -0.521. The molecule has 0 atom stereocenters. The highest BCUT2D eigenvalue weighted by atomic mass is 35.5. The van der Waals surface area contributed by atoms with Crippen LogP contribution in [0.3, 0.4) is 0 Å². The fourth-order valence-electron chi connectivity index (χ4n) is 1.57. The Morgan fingerprint density at radius 3 is 2.50 bits per heavy atom. The van der Waals surface area contributed by atoms with E-state index in [2.05, 4.69) is 15.3 Å². The van der Waals surface area contributed by atoms with Crippen molar-refractivity contribution in [3.8, 4) is 0 Å². The highest BCUT2D eigenvalue weighted by Crippen LogP contribution is 2.33. The Morgan fingerprint density at radius 1 is 1.25 bits per heavy atom. The fourth-order valence-corrected chi connectivity index (χ4v) is 2.12. The highest BCUT2D eigenvalue weighted by Gasteiger charge is 2.11. The molecular weight excluding hydrogens is 306 g/mol. The summed E-state index contributed by atoms with van der Waals surface area (Å²) in [5.74, 6) is 0.543. The monoisotopic (exact) mass is 316 g/mol. The summed E-state index contributed by atoms with van der Waals surface area (Å²) >= 11 is 11.9. The van der Waals surface area contributed by atoms with Crippen LogP contribution in [-0.4, -0.2) is 17.1 Å². The van der Waals surface area contributed by atoms with Crippen molar-refractivity contribution in [3.05, 3.63) is 39.9 Å². The minimum Gasteiger partial charge on any atom is -0.384 e. The summed E-state index contributed by atoms with van der Waals surface area (Å²) in [6, 6.07) is 3.81. The van der Waals surface area contributed by atoms with Crippen molar-refractivity contribution in [2.75, 3.05) is 18.2 Å². The van der Waals surface area contributed by atoms with Crippen LogP contribution >= 0.6 is 23.2 Å². The number of hydrogen-bond donors (Lipinski definition) is 2. The third-order valence-electron chi connectivity index (χ3n) is 2.33. The number of nitrogens with two attached hydrogens (primary N) is 1. The number of aromatic nitrogens is 2. The van der Waals surface area contributed by atoms with E-state index in [1.54, 1.807) is 0 Å². The normalized spacial score (nSPS) is 10.6. The number of rotatable bonds is 4. The molecule has 0 radical (unpaired) electrons. The molecule has 0 aliphatic heterocycles. The predicted octanol–water partition coefficient (Wildman–Crippen LogP) is 3.39. The molecule has 0 saturated heterocycles. The lowest BCUT2D eigenvalue weighted by Gasteiger charge is -2.11. The summed E-state index contributed by atoms with van der Waals surface area (Å²) in [6.45, 7) is 0.213. The number of nitrogens with zero attached hydrogens (tertiary/aromatic N) is 2. The molecule has 0 aliphatic carbocycles. The van der Waals surface area contributed by atoms with E-state index >= 15 is 0 Å². The Hall–Kier alpha value is -1.63. The molecule has 1 heterocycles. The Morgan fingerprint density at radius 2 is 1.90 bits per heavy atom. The average molecular weight is 317 g/mol. The molecule has 0 bridgehead atoms. The van der Waals surface area contributed by atoms with E-state index in [0.717, 1.165) is 12.1 Å². The van der Waals surface area contributed by atoms with Gasteiger partial charge in [-0.25, -0.2) is 14.4 Å². The van der Waals surface area contributed by atoms with Gasteiger partial charge in [-0.1, -0.05) is 23.2 Å². The van der Waals surface area contributed by atoms with Crippen molar-refractivity contribution < 1.29 is 9.13 Å². The molecule has 0 amide bonds. The van der Waals surface area contributed by atoms with E-state index in [9.17, 15) is 4.39 Å². The summed E-state index contributed by atoms with van der Waals surface area (Å²) in [5.41, 5.74) is 6.01. The quantitative estimate of drug-likeness (QED) is 0.904. The van der Waals surface area contributed by atoms with Gasteiger partial charge in [0.25, 0.3) is 0 Å². The van der Waals surface area contributed by atoms with Crippen LogP contribution in [0.2, 0.25) is 10.0 Å². The molecule has 106 valence electrons. The van der Waals surface area contributed by atoms with Crippen molar-refractivity contribution in [2.45, 2.75) is 6.61 Å². The lowest BCUT2D eigenvalue weighted by atomic mass is 10.3. The Kier molecular flexibility index (Phi) is 4.59. The Balaban J connectivity index is 2.35. The molecule has 1 aromatic heterocycles. The molecule has 0 unspecified atom stereocenters. The van der Waals surface area contributed by atoms with Crippen LogP contribution in [0.1, 0.15) is 5.82 Å². The summed E-state index contributed by atoms with van der Waals surface area (Å²) in [4.78, 5) is 8.18. The molecule has 2 rings (SSSR count). The SMILES string of the molecule is COCc1nc(N)cc(Nc2c(Cl)cc(F)cc2Cl)n1. The third-order valence-corrected chi connectivity index (χ3v) is 2.92. The van der Waals surface area contributed by atoms with Crippen molar-refractivity contribution in [1.29, 1.82) is 0 Å². The summed E-state index contributed by atoms with van der Waals surface area (Å²) < 4.78 is 18.1. The van der Waals surface area contributed by atoms with Crippen molar-refractivity contribution in [2.24, 2.45) is 0 Å². The van der Waals surface area contributed by atoms with Gasteiger partial charge in [-0.05, 0) is 12.1 Å². The van der Waals surface area contributed by atoms with E-state index in [0.29, 0.717) is 17.3 Å². The maximum absolute atomic E-state index is 13.1. The van der Waals surface area contributed by atoms with Gasteiger partial charge >= 0.3 is 0 Å². The first-order valence-corrected chi connectivity index (χ1v) is 6.29. The highest BCUT2D eigenvalue weighted by molar-refractivity contribution is 6.39. The molecule has 0 aliphatic rings. The van der Waals surface area contributed by atoms with Gasteiger partial charge in [0.2, 0.25) is 0 Å². The van der Waals surface area contributed by atoms with Crippen molar-refractivity contribution in [3.63, 3.8) is 0 Å². The molecule has 0 saturated carbocycles. The van der Waals surface area contributed by atoms with E-state index in [4.69, 9.17) is 33.7 Å². The number of anilines is 3. The van der Waals surface area contributed by atoms with Gasteiger partial charge in [0.05, 0.1) is 15.7 Å². The number of halogens is 3. The molecular formula is C12H11Cl2FN4O. The fraction of sp³-hybridized carbons (Fsp3) is 0.167. The van der Waals surface area contributed by atoms with Crippen LogP contribution < -0.4 is 11.1 Å². The molecule has 20 heavy (non-hydrogen) atoms. The van der Waals surface area contributed by atoms with Gasteiger partial charge in [-0.2, -0.15) is 0 Å². The molecule has 8 heteroatoms. The van der Waals surface area contributed by atoms with Gasteiger partial charge in [0.15, 0.2) is 5.82 Å². The van der Waals surface area contributed by atoms with Gasteiger partial charge < -0.3 is 15.8 Å². The van der Waals surface area contributed by atoms with Gasteiger partial charge in [0.1, 0.15) is 24.1 Å². The van der Waals surface area contributed by atoms with Crippen LogP contribution in [0.25, 0.3) is 0 Å². The first-order valence-electron chi connectivity index (χ1n) is 5.53. The first kappa shape index (κ1) is 14.8. The predicted molar refractivity (Wildman–Crippen MR) is 76.9 cm³/mol. The molecule has 3 N–H and O–H groups in total. The number of nitrogens with one attached hydrogen (secondary N) is 1. The molecule has 0 fully saturated rings. The zero-order valence-electron chi connectivity index (χ0n) is 10.5. The largest absolute Gasteiger partial charge is 0.384 e. The van der Waals surface area contributed by atoms with Gasteiger partial charge in [0, 0.05) is 13.2 Å². The third kappa shape index (κ3) is 3.47. The minimum absolute atomic E-state index is 0.139. The van der Waals surface area contributed by atoms with Gasteiger partial charge in [-0.3, -0.25) is 0 Å². The van der Waals surface area contributed by atoms with E-state index in [1.807, 2.05) is 0 Å². The topological polar surface area (TPSA) is 73.1 Å². The van der Waals surface area contributed by atoms with E-state index in [1.165, 1.54) is 13.2 Å². The van der Waals surface area contributed by atoms with Crippen molar-refractivity contribution in [1.82, 2.24) is 9.97 Å². The van der Waals surface area contributed by atoms with Crippen LogP contribution in [-0.2, 0) is 11.3 Å². The Bertz CT molecular complexity index is 616. The van der Waals surface area contributed by atoms with Crippen molar-refractivity contribution >= 4 is 40.5 Å². The first-order chi connectivity index (χ1) is 9.49. The summed E-state index contributed by atoms with van der Waals surface area (Å²) in [7, 11) is 1.52. The average Bonchev–Trinajstić information content (AvgIpc) is 2.33. The second-order valence-electron chi connectivity index (χ2n) is 3.90. The van der Waals surface area contributed by atoms with Crippen LogP contribution in [0.5, 0.6) is 0 Å². The standard InChI is InChI=1S/C12H11Cl2FN4O/c1-20-5-11-17-9(16)4-10(18-11)19-12-7(13)2-6(15)3-8(12)14/h2-4H,5H2,1H3,(H3,16,17,18,19). The van der Waals surface area contributed by atoms with Gasteiger partial charge in [-0.15, -0.1) is 0 Å². The number of benzene rings is 1. The Labute approximate surface area is 124 Å². The number of hydrogen-bond acceptors (Lipinski definition) is 5. The summed E-state index contributed by atoms with van der Waals surface area (Å²) in [6.07, 6.45) is 0. The summed E-state index contributed by atoms with van der Waals surface area (Å²) in [5, 5.41) is 3.17. The maximum Gasteiger partial charge on any atom is 0.158 e. The second kappa shape index (κ2) is 6.21. The number of ether oxygens (including phenoxy) is 1. The lowest BCUT2D eigenvalue weighted by molar-refractivity contribution is 0.178. The van der Waals surface area contributed by atoms with E-state index in [-0.39, 0.29) is 22.5 Å². The zero-order valence-corrected chi connectivity index (χ0v) is 12.0. The smallest absolute Gasteiger partial charge is 0.158 e. The van der Waals surface area contributed by atoms with Crippen LogP contribution in [0.15, 0.2) is 18.2 Å².